The Bertz CT molecular complexity index is 1110. The Morgan fingerprint density at radius 1 is 0.821 bits per heavy atom. The number of aromatic nitrogens is 2. The Balaban J connectivity index is 1.65. The van der Waals surface area contributed by atoms with Crippen molar-refractivity contribution in [1.82, 2.24) is 10.2 Å². The minimum Gasteiger partial charge on any atom is -0.496 e. The fraction of sp³-hybridized carbons (Fsp3) is 0.516. The van der Waals surface area contributed by atoms with Crippen molar-refractivity contribution >= 4 is 11.6 Å². The maximum absolute atomic E-state index is 13.7. The van der Waals surface area contributed by atoms with Crippen molar-refractivity contribution in [3.8, 4) is 17.2 Å². The summed E-state index contributed by atoms with van der Waals surface area (Å²) in [6.45, 7) is 2.25. The molecule has 0 fully saturated rings. The van der Waals surface area contributed by atoms with E-state index in [1.165, 1.54) is 65.6 Å². The lowest BCUT2D eigenvalue weighted by Gasteiger charge is -2.18. The van der Waals surface area contributed by atoms with Crippen LogP contribution in [0.4, 0.5) is 5.69 Å². The Kier molecular flexibility index (Phi) is 12.6. The normalized spacial score (nSPS) is 11.7. The second-order valence-electron chi connectivity index (χ2n) is 9.71. The molecule has 0 bridgehead atoms. The monoisotopic (exact) mass is 537 g/mol. The maximum Gasteiger partial charge on any atom is 0.241 e. The van der Waals surface area contributed by atoms with Crippen molar-refractivity contribution in [2.75, 3.05) is 26.6 Å². The van der Waals surface area contributed by atoms with E-state index in [1.807, 2.05) is 30.3 Å². The molecule has 1 heterocycles. The molecule has 212 valence electrons. The number of ether oxygens (including phenoxy) is 3. The molecule has 1 aromatic heterocycles. The molecule has 0 aliphatic heterocycles. The zero-order chi connectivity index (χ0) is 27.9. The van der Waals surface area contributed by atoms with Crippen molar-refractivity contribution in [2.45, 2.75) is 83.5 Å². The molecule has 0 saturated heterocycles. The van der Waals surface area contributed by atoms with Crippen LogP contribution in [0, 0.1) is 0 Å². The third-order valence-corrected chi connectivity index (χ3v) is 6.83. The first-order valence-electron chi connectivity index (χ1n) is 14.1. The number of nitrogens with one attached hydrogen (secondary N) is 1. The van der Waals surface area contributed by atoms with Gasteiger partial charge in [0.15, 0.2) is 0 Å². The summed E-state index contributed by atoms with van der Waals surface area (Å²) in [5.41, 5.74) is 1.15. The van der Waals surface area contributed by atoms with Gasteiger partial charge in [-0.05, 0) is 12.0 Å². The lowest BCUT2D eigenvalue weighted by Crippen LogP contribution is -2.23. The van der Waals surface area contributed by atoms with Gasteiger partial charge in [0.05, 0.1) is 21.3 Å². The van der Waals surface area contributed by atoms with Crippen LogP contribution in [0.1, 0.15) is 94.4 Å². The van der Waals surface area contributed by atoms with E-state index >= 15 is 0 Å². The van der Waals surface area contributed by atoms with Crippen LogP contribution in [0.3, 0.4) is 0 Å². The van der Waals surface area contributed by atoms with Gasteiger partial charge in [-0.25, -0.2) is 0 Å². The predicted octanol–water partition coefficient (Wildman–Crippen LogP) is 7.33. The van der Waals surface area contributed by atoms with E-state index in [-0.39, 0.29) is 11.8 Å². The van der Waals surface area contributed by atoms with E-state index in [0.717, 1.165) is 18.4 Å². The average Bonchev–Trinajstić information content (AvgIpc) is 3.42. The molecule has 3 aromatic rings. The molecule has 0 unspecified atom stereocenters. The molecular weight excluding hydrogens is 494 g/mol. The number of nitrogens with zero attached hydrogens (tertiary/aromatic N) is 2. The molecular formula is C31H43N3O5. The lowest BCUT2D eigenvalue weighted by molar-refractivity contribution is -0.117. The van der Waals surface area contributed by atoms with Crippen LogP contribution >= 0.6 is 0 Å². The molecule has 0 radical (unpaired) electrons. The van der Waals surface area contributed by atoms with E-state index in [2.05, 4.69) is 22.4 Å². The highest BCUT2D eigenvalue weighted by Gasteiger charge is 2.30. The molecule has 2 aromatic carbocycles. The van der Waals surface area contributed by atoms with E-state index in [4.69, 9.17) is 18.6 Å². The molecule has 39 heavy (non-hydrogen) atoms. The summed E-state index contributed by atoms with van der Waals surface area (Å²) in [4.78, 5) is 13.7. The van der Waals surface area contributed by atoms with Crippen molar-refractivity contribution in [3.05, 3.63) is 59.8 Å². The molecule has 0 saturated carbocycles. The van der Waals surface area contributed by atoms with Crippen LogP contribution in [0.25, 0.3) is 0 Å². The van der Waals surface area contributed by atoms with Gasteiger partial charge in [0.1, 0.15) is 28.9 Å². The van der Waals surface area contributed by atoms with Gasteiger partial charge < -0.3 is 23.9 Å². The largest absolute Gasteiger partial charge is 0.496 e. The minimum absolute atomic E-state index is 0.257. The number of anilines is 1. The number of rotatable bonds is 18. The molecule has 1 N–H and O–H groups in total. The van der Waals surface area contributed by atoms with E-state index < -0.39 is 5.92 Å². The second kappa shape index (κ2) is 16.4. The topological polar surface area (TPSA) is 95.7 Å². The van der Waals surface area contributed by atoms with Crippen molar-refractivity contribution in [3.63, 3.8) is 0 Å². The summed E-state index contributed by atoms with van der Waals surface area (Å²) < 4.78 is 22.3. The Hall–Kier alpha value is -3.55. The van der Waals surface area contributed by atoms with Crippen molar-refractivity contribution < 1.29 is 23.4 Å². The first kappa shape index (κ1) is 30.0. The van der Waals surface area contributed by atoms with Gasteiger partial charge in [-0.1, -0.05) is 95.0 Å². The standard InChI is InChI=1S/C31H43N3O5/c1-5-6-7-8-9-10-11-12-13-17-20-27-33-34-31(39-27)28(23-18-15-14-16-19-23)30(35)32-29-25(37-3)21-24(36-2)22-26(29)38-4/h14-16,18-19,21-22,28H,5-13,17,20H2,1-4H3,(H,32,35)/t28-/m0/s1. The Morgan fingerprint density at radius 2 is 1.41 bits per heavy atom. The zero-order valence-electron chi connectivity index (χ0n) is 23.8. The number of carbonyl (C=O) groups is 1. The number of hydrogen-bond acceptors (Lipinski definition) is 7. The minimum atomic E-state index is -0.795. The maximum atomic E-state index is 13.7. The van der Waals surface area contributed by atoms with Crippen LogP contribution in [-0.4, -0.2) is 37.4 Å². The van der Waals surface area contributed by atoms with Gasteiger partial charge in [-0.2, -0.15) is 0 Å². The highest BCUT2D eigenvalue weighted by Crippen LogP contribution is 2.40. The third-order valence-electron chi connectivity index (χ3n) is 6.83. The number of carbonyl (C=O) groups excluding carboxylic acids is 1. The molecule has 0 spiro atoms. The number of amides is 1. The van der Waals surface area contributed by atoms with E-state index in [0.29, 0.717) is 35.2 Å². The third kappa shape index (κ3) is 9.01. The first-order chi connectivity index (χ1) is 19.1. The number of hydrogen-bond donors (Lipinski definition) is 1. The van der Waals surface area contributed by atoms with Gasteiger partial charge >= 0.3 is 0 Å². The molecule has 3 rings (SSSR count). The summed E-state index contributed by atoms with van der Waals surface area (Å²) in [5, 5.41) is 11.5. The fourth-order valence-electron chi connectivity index (χ4n) is 4.62. The van der Waals surface area contributed by atoms with Gasteiger partial charge in [-0.15, -0.1) is 10.2 Å². The smallest absolute Gasteiger partial charge is 0.241 e. The zero-order valence-corrected chi connectivity index (χ0v) is 23.8. The van der Waals surface area contributed by atoms with Crippen LogP contribution in [-0.2, 0) is 11.2 Å². The molecule has 0 aliphatic carbocycles. The van der Waals surface area contributed by atoms with Crippen LogP contribution < -0.4 is 19.5 Å². The number of unbranched alkanes of at least 4 members (excludes halogenated alkanes) is 9. The quantitative estimate of drug-likeness (QED) is 0.170. The van der Waals surface area contributed by atoms with E-state index in [1.54, 1.807) is 19.2 Å². The molecule has 8 nitrogen and oxygen atoms in total. The molecule has 1 atom stereocenters. The highest BCUT2D eigenvalue weighted by molar-refractivity contribution is 6.00. The van der Waals surface area contributed by atoms with Crippen LogP contribution in [0.5, 0.6) is 17.2 Å². The predicted molar refractivity (Wildman–Crippen MR) is 153 cm³/mol. The Labute approximate surface area is 232 Å². The average molecular weight is 538 g/mol. The van der Waals surface area contributed by atoms with Crippen LogP contribution in [0.2, 0.25) is 0 Å². The van der Waals surface area contributed by atoms with Gasteiger partial charge in [0, 0.05) is 18.6 Å². The lowest BCUT2D eigenvalue weighted by atomic mass is 9.98. The number of methoxy groups -OCH3 is 3. The van der Waals surface area contributed by atoms with Gasteiger partial charge in [0.25, 0.3) is 0 Å². The van der Waals surface area contributed by atoms with E-state index in [9.17, 15) is 4.79 Å². The fourth-order valence-corrected chi connectivity index (χ4v) is 4.62. The summed E-state index contributed by atoms with van der Waals surface area (Å²) in [6, 6.07) is 12.8. The van der Waals surface area contributed by atoms with Gasteiger partial charge in [-0.3, -0.25) is 4.79 Å². The molecule has 8 heteroatoms. The summed E-state index contributed by atoms with van der Waals surface area (Å²) >= 11 is 0. The first-order valence-corrected chi connectivity index (χ1v) is 14.1. The summed E-state index contributed by atoms with van der Waals surface area (Å²) in [7, 11) is 4.60. The van der Waals surface area contributed by atoms with Crippen molar-refractivity contribution in [1.29, 1.82) is 0 Å². The molecule has 1 amide bonds. The number of aryl methyl sites for hydroxylation is 1. The number of benzene rings is 2. The molecule has 0 aliphatic rings. The SMILES string of the molecule is CCCCCCCCCCCCc1nnc([C@H](C(=O)Nc2c(OC)cc(OC)cc2OC)c2ccccc2)o1. The second-order valence-corrected chi connectivity index (χ2v) is 9.71. The van der Waals surface area contributed by atoms with Crippen LogP contribution in [0.15, 0.2) is 46.9 Å². The Morgan fingerprint density at radius 3 is 1.97 bits per heavy atom. The summed E-state index contributed by atoms with van der Waals surface area (Å²) in [5.74, 6) is 1.06. The summed E-state index contributed by atoms with van der Waals surface area (Å²) in [6.07, 6.45) is 13.3. The highest BCUT2D eigenvalue weighted by atomic mass is 16.5. The van der Waals surface area contributed by atoms with Crippen molar-refractivity contribution in [2.24, 2.45) is 0 Å². The van der Waals surface area contributed by atoms with Gasteiger partial charge in [0.2, 0.25) is 17.7 Å².